The SMILES string of the molecule is C.C=CC(=O)Nc1ccc(COCc2cc3nc(-c4cnc(N)nc4)nc(N4CCOCC4)c3s2)cc1.C=CC(=O)Nc1ccc(OCc2cc3nc(-c4cnc(N)nc4)nc(N4CCOCC4)c3s2)cc1.C=CC(=O)Nc1cccc(C(=O)N2CC=C(c3cc4nc(-c5cnc(N)nc5)nc(N5CCOCC5)c4s3)CC2)c1. The Kier molecular flexibility index (Phi) is 25.6. The van der Waals surface area contributed by atoms with Crippen LogP contribution in [0.4, 0.5) is 52.4 Å². The van der Waals surface area contributed by atoms with Crippen molar-refractivity contribution < 1.29 is 42.9 Å². The van der Waals surface area contributed by atoms with Crippen molar-refractivity contribution in [2.45, 2.75) is 33.7 Å². The van der Waals surface area contributed by atoms with E-state index in [9.17, 15) is 19.2 Å². The predicted molar refractivity (Wildman–Crippen MR) is 442 cm³/mol. The number of rotatable bonds is 21. The third-order valence-electron chi connectivity index (χ3n) is 17.9. The number of morpholine rings is 3. The van der Waals surface area contributed by atoms with Gasteiger partial charge in [0.1, 0.15) is 12.4 Å². The van der Waals surface area contributed by atoms with E-state index in [2.05, 4.69) is 92.4 Å². The molecule has 3 fully saturated rings. The summed E-state index contributed by atoms with van der Waals surface area (Å²) in [6.45, 7) is 21.1. The Morgan fingerprint density at radius 2 is 0.894 bits per heavy atom. The molecular formula is C79H80N22O9S3. The number of nitrogens with zero attached hydrogens (tertiary/aromatic N) is 16. The van der Waals surface area contributed by atoms with Gasteiger partial charge in [-0.2, -0.15) is 0 Å². The highest BCUT2D eigenvalue weighted by Crippen LogP contribution is 2.41. The number of nitrogens with two attached hydrogens (primary N) is 3. The molecule has 3 aromatic carbocycles. The number of amides is 4. The van der Waals surface area contributed by atoms with Gasteiger partial charge in [-0.25, -0.2) is 59.8 Å². The van der Waals surface area contributed by atoms with E-state index in [1.54, 1.807) is 108 Å². The molecule has 9 N–H and O–H groups in total. The molecule has 13 heterocycles. The first kappa shape index (κ1) is 78.4. The summed E-state index contributed by atoms with van der Waals surface area (Å²) in [7, 11) is 0. The van der Waals surface area contributed by atoms with Crippen LogP contribution in [-0.4, -0.2) is 180 Å². The van der Waals surface area contributed by atoms with Crippen molar-refractivity contribution in [2.75, 3.05) is 140 Å². The molecule has 578 valence electrons. The first-order valence-corrected chi connectivity index (χ1v) is 38.0. The number of benzene rings is 3. The molecule has 0 atom stereocenters. The van der Waals surface area contributed by atoms with Gasteiger partial charge in [-0.15, -0.1) is 34.0 Å². The minimum atomic E-state index is -0.320. The van der Waals surface area contributed by atoms with Crippen molar-refractivity contribution in [3.8, 4) is 39.9 Å². The second kappa shape index (κ2) is 36.9. The zero-order valence-corrected chi connectivity index (χ0v) is 63.0. The molecule has 3 saturated heterocycles. The number of aromatic nitrogens is 12. The summed E-state index contributed by atoms with van der Waals surface area (Å²) in [6, 6.07) is 27.8. The van der Waals surface area contributed by atoms with E-state index in [1.165, 1.54) is 23.8 Å². The predicted octanol–water partition coefficient (Wildman–Crippen LogP) is 10.9. The zero-order chi connectivity index (χ0) is 77.5. The molecule has 0 spiro atoms. The lowest BCUT2D eigenvalue weighted by Crippen LogP contribution is -2.36. The number of carbonyl (C=O) groups excluding carboxylic acids is 4. The number of hydrogen-bond acceptors (Lipinski definition) is 30. The monoisotopic (exact) mass is 1580 g/mol. The summed E-state index contributed by atoms with van der Waals surface area (Å²) in [5.74, 6) is 4.66. The van der Waals surface area contributed by atoms with E-state index in [0.717, 1.165) is 108 Å². The molecule has 31 nitrogen and oxygen atoms in total. The van der Waals surface area contributed by atoms with E-state index in [4.69, 9.17) is 70.8 Å². The lowest BCUT2D eigenvalue weighted by atomic mass is 10.1. The summed E-state index contributed by atoms with van der Waals surface area (Å²) >= 11 is 4.90. The standard InChI is InChI=1S/C29H28N8O3S.C25H25N7O3S.C24H23N7O3S.CH4/c1-2-24(38)33-21-5-3-4-19(14-21)28(39)37-8-6-18(7-9-37)23-15-22-25(41-23)27(36-10-12-40-13-11-36)35-26(34-22)20-16-31-29(30)32-17-20;1-2-21(33)29-18-5-3-16(4-6-18)14-35-15-19-11-20-22(36-19)24(32-7-9-34-10-8-32)31-23(30-20)17-12-27-25(26)28-13-17;1-2-20(32)28-16-3-5-17(6-4-16)34-14-18-11-19-21(35-18)23(31-7-9-33-10-8-31)30-22(29-19)15-12-26-24(25)27-13-15;/h2-6,14-17H,1,7-13H2,(H,33,38)(H2,30,31,32);2-6,11-13H,1,7-10,14-15H2,(H,29,33)(H2,26,27,28);2-6,11-13H,1,7-10,14H2,(H,28,32)(H2,25,26,27);1H4. The number of carbonyl (C=O) groups is 4. The number of thiophene rings is 3. The minimum Gasteiger partial charge on any atom is -0.488 e. The molecule has 4 aliphatic heterocycles. The Balaban J connectivity index is 0.000000148. The van der Waals surface area contributed by atoms with Gasteiger partial charge >= 0.3 is 0 Å². The molecule has 16 rings (SSSR count). The normalized spacial score (nSPS) is 14.1. The van der Waals surface area contributed by atoms with Gasteiger partial charge in [0.25, 0.3) is 5.91 Å². The number of ether oxygens (including phenoxy) is 5. The Morgan fingerprint density at radius 1 is 0.478 bits per heavy atom. The number of fused-ring (bicyclic) bond motifs is 3. The maximum absolute atomic E-state index is 13.2. The fraction of sp³-hybridized carbons (Fsp3) is 0.241. The molecule has 113 heavy (non-hydrogen) atoms. The van der Waals surface area contributed by atoms with Crippen molar-refractivity contribution in [1.82, 2.24) is 64.7 Å². The third kappa shape index (κ3) is 19.7. The van der Waals surface area contributed by atoms with Crippen LogP contribution < -0.4 is 52.6 Å². The Morgan fingerprint density at radius 3 is 1.33 bits per heavy atom. The van der Waals surface area contributed by atoms with Gasteiger partial charge in [-0.1, -0.05) is 51.4 Å². The maximum atomic E-state index is 13.2. The number of anilines is 9. The van der Waals surface area contributed by atoms with Crippen LogP contribution >= 0.6 is 34.0 Å². The van der Waals surface area contributed by atoms with Crippen LogP contribution in [-0.2, 0) is 53.2 Å². The second-order valence-corrected chi connectivity index (χ2v) is 28.8. The van der Waals surface area contributed by atoms with E-state index in [0.29, 0.717) is 142 Å². The fourth-order valence-electron chi connectivity index (χ4n) is 12.2. The Bertz CT molecular complexity index is 5440. The van der Waals surface area contributed by atoms with Gasteiger partial charge in [0.2, 0.25) is 35.6 Å². The summed E-state index contributed by atoms with van der Waals surface area (Å²) < 4.78 is 31.6. The summed E-state index contributed by atoms with van der Waals surface area (Å²) in [5, 5.41) is 8.15. The van der Waals surface area contributed by atoms with Gasteiger partial charge in [-0.3, -0.25) is 19.2 Å². The summed E-state index contributed by atoms with van der Waals surface area (Å²) in [6.07, 6.45) is 16.3. The first-order valence-electron chi connectivity index (χ1n) is 35.6. The smallest absolute Gasteiger partial charge is 0.254 e. The van der Waals surface area contributed by atoms with Crippen LogP contribution in [0.5, 0.6) is 5.75 Å². The Hall–Kier alpha value is -12.7. The summed E-state index contributed by atoms with van der Waals surface area (Å²) in [5.41, 5.74) is 26.3. The topological polar surface area (TPSA) is 396 Å². The van der Waals surface area contributed by atoms with Gasteiger partial charge < -0.3 is 76.4 Å². The summed E-state index contributed by atoms with van der Waals surface area (Å²) in [4.78, 5) is 113. The minimum absolute atomic E-state index is 0. The van der Waals surface area contributed by atoms with Gasteiger partial charge in [0.15, 0.2) is 34.9 Å². The maximum Gasteiger partial charge on any atom is 0.254 e. The van der Waals surface area contributed by atoms with Crippen molar-refractivity contribution in [3.05, 3.63) is 198 Å². The highest BCUT2D eigenvalue weighted by atomic mass is 32.1. The second-order valence-electron chi connectivity index (χ2n) is 25.5. The molecule has 4 aliphatic rings. The Labute approximate surface area is 661 Å². The fourth-order valence-corrected chi connectivity index (χ4v) is 15.4. The molecule has 9 aromatic heterocycles. The average molecular weight is 1580 g/mol. The largest absolute Gasteiger partial charge is 0.488 e. The van der Waals surface area contributed by atoms with E-state index < -0.39 is 0 Å². The van der Waals surface area contributed by atoms with Crippen molar-refractivity contribution >= 4 is 146 Å². The average Bonchev–Trinajstić information content (AvgIpc) is 1.67. The quantitative estimate of drug-likeness (QED) is 0.0364. The number of nitrogens with one attached hydrogen (secondary N) is 3. The van der Waals surface area contributed by atoms with Gasteiger partial charge in [-0.05, 0) is 109 Å². The van der Waals surface area contributed by atoms with Crippen LogP contribution in [0.2, 0.25) is 0 Å². The lowest BCUT2D eigenvalue weighted by Gasteiger charge is -2.28. The van der Waals surface area contributed by atoms with E-state index >= 15 is 0 Å². The van der Waals surface area contributed by atoms with Crippen LogP contribution in [0.1, 0.15) is 44.4 Å². The molecular weight excluding hydrogens is 1500 g/mol. The molecule has 0 saturated carbocycles. The molecule has 0 bridgehead atoms. The zero-order valence-electron chi connectivity index (χ0n) is 60.6. The highest BCUT2D eigenvalue weighted by Gasteiger charge is 2.27. The van der Waals surface area contributed by atoms with Gasteiger partial charge in [0, 0.05) is 127 Å². The van der Waals surface area contributed by atoms with Crippen LogP contribution in [0.3, 0.4) is 0 Å². The van der Waals surface area contributed by atoms with Crippen LogP contribution in [0, 0.1) is 0 Å². The van der Waals surface area contributed by atoms with E-state index in [1.807, 2.05) is 53.4 Å². The highest BCUT2D eigenvalue weighted by molar-refractivity contribution is 7.21. The lowest BCUT2D eigenvalue weighted by molar-refractivity contribution is -0.112. The third-order valence-corrected chi connectivity index (χ3v) is 21.3. The molecule has 4 amide bonds. The molecule has 0 aliphatic carbocycles. The van der Waals surface area contributed by atoms with Crippen LogP contribution in [0.25, 0.3) is 70.4 Å². The molecule has 12 aromatic rings. The molecule has 0 radical (unpaired) electrons. The molecule has 34 heteroatoms. The number of hydrogen-bond donors (Lipinski definition) is 6. The first-order chi connectivity index (χ1) is 54.6. The van der Waals surface area contributed by atoms with E-state index in [-0.39, 0.29) is 48.9 Å². The van der Waals surface area contributed by atoms with Crippen molar-refractivity contribution in [2.24, 2.45) is 0 Å². The van der Waals surface area contributed by atoms with Crippen molar-refractivity contribution in [1.29, 1.82) is 0 Å². The van der Waals surface area contributed by atoms with Crippen molar-refractivity contribution in [3.63, 3.8) is 0 Å². The number of nitrogen functional groups attached to an aromatic ring is 3. The van der Waals surface area contributed by atoms with Gasteiger partial charge in [0.05, 0.1) is 100 Å². The molecule has 0 unspecified atom stereocenters. The van der Waals surface area contributed by atoms with Crippen LogP contribution in [0.15, 0.2) is 172 Å².